The van der Waals surface area contributed by atoms with Crippen LogP contribution in [0.15, 0.2) is 12.3 Å². The lowest BCUT2D eigenvalue weighted by molar-refractivity contribution is 0.568. The number of aromatic nitrogens is 4. The lowest BCUT2D eigenvalue weighted by Gasteiger charge is -2.09. The normalized spacial score (nSPS) is 15.1. The molecule has 2 heterocycles. The van der Waals surface area contributed by atoms with E-state index in [2.05, 4.69) is 15.5 Å². The van der Waals surface area contributed by atoms with Crippen molar-refractivity contribution in [3.05, 3.63) is 34.4 Å². The van der Waals surface area contributed by atoms with E-state index in [0.717, 1.165) is 23.0 Å². The van der Waals surface area contributed by atoms with Crippen LogP contribution in [0.4, 0.5) is 0 Å². The fraction of sp³-hybridized carbons (Fsp3) is 0.538. The average molecular weight is 280 g/mol. The first-order valence-corrected chi connectivity index (χ1v) is 6.95. The molecule has 0 amide bonds. The maximum atomic E-state index is 6.28. The highest BCUT2D eigenvalue weighted by Crippen LogP contribution is 2.21. The largest absolute Gasteiger partial charge is 0.308 e. The van der Waals surface area contributed by atoms with Crippen LogP contribution in [0.3, 0.4) is 0 Å². The van der Waals surface area contributed by atoms with E-state index >= 15 is 0 Å². The number of nitrogens with zero attached hydrogens (tertiary/aromatic N) is 4. The molecule has 2 aromatic rings. The van der Waals surface area contributed by atoms with E-state index in [0.29, 0.717) is 12.6 Å². The number of hydrogen-bond donors (Lipinski definition) is 1. The molecule has 0 saturated heterocycles. The molecule has 0 atom stereocenters. The zero-order valence-corrected chi connectivity index (χ0v) is 12.0. The molecule has 2 aromatic heterocycles. The quantitative estimate of drug-likeness (QED) is 0.909. The van der Waals surface area contributed by atoms with E-state index in [1.165, 1.54) is 18.5 Å². The molecule has 102 valence electrons. The molecule has 0 aromatic carbocycles. The maximum Gasteiger partial charge on any atom is 0.0866 e. The highest BCUT2D eigenvalue weighted by atomic mass is 35.5. The molecule has 0 aliphatic heterocycles. The van der Waals surface area contributed by atoms with Crippen molar-refractivity contribution in [1.29, 1.82) is 0 Å². The van der Waals surface area contributed by atoms with E-state index in [1.807, 2.05) is 35.6 Å². The third kappa shape index (κ3) is 2.67. The number of nitrogens with one attached hydrogen (secondary N) is 1. The van der Waals surface area contributed by atoms with Gasteiger partial charge in [0.2, 0.25) is 0 Å². The standard InChI is InChI=1S/C13H18ClN5/c1-9-13(14)12(18(2)17-9)8-19-11(5-6-16-19)7-15-10-3-4-10/h5-6,10,15H,3-4,7-8H2,1-2H3. The monoisotopic (exact) mass is 279 g/mol. The topological polar surface area (TPSA) is 47.7 Å². The van der Waals surface area contributed by atoms with Crippen LogP contribution >= 0.6 is 11.6 Å². The van der Waals surface area contributed by atoms with Crippen LogP contribution in [-0.4, -0.2) is 25.6 Å². The predicted molar refractivity (Wildman–Crippen MR) is 74.1 cm³/mol. The Morgan fingerprint density at radius 3 is 2.89 bits per heavy atom. The van der Waals surface area contributed by atoms with Crippen molar-refractivity contribution in [2.75, 3.05) is 0 Å². The van der Waals surface area contributed by atoms with Crippen molar-refractivity contribution in [3.8, 4) is 0 Å². The maximum absolute atomic E-state index is 6.28. The molecule has 5 nitrogen and oxygen atoms in total. The highest BCUT2D eigenvalue weighted by Gasteiger charge is 2.21. The molecule has 1 aliphatic rings. The van der Waals surface area contributed by atoms with Crippen molar-refractivity contribution < 1.29 is 0 Å². The molecule has 3 rings (SSSR count). The Bertz CT molecular complexity index is 582. The molecule has 1 saturated carbocycles. The fourth-order valence-electron chi connectivity index (χ4n) is 2.18. The zero-order chi connectivity index (χ0) is 13.4. The molecule has 1 fully saturated rings. The molecule has 0 radical (unpaired) electrons. The average Bonchev–Trinajstić information content (AvgIpc) is 3.06. The van der Waals surface area contributed by atoms with Crippen LogP contribution in [-0.2, 0) is 20.1 Å². The van der Waals surface area contributed by atoms with Gasteiger partial charge in [0, 0.05) is 25.8 Å². The van der Waals surface area contributed by atoms with E-state index in [9.17, 15) is 0 Å². The summed E-state index contributed by atoms with van der Waals surface area (Å²) in [6.45, 7) is 3.44. The number of hydrogen-bond acceptors (Lipinski definition) is 3. The summed E-state index contributed by atoms with van der Waals surface area (Å²) in [5, 5.41) is 12.9. The Kier molecular flexibility index (Phi) is 3.33. The van der Waals surface area contributed by atoms with E-state index < -0.39 is 0 Å². The SMILES string of the molecule is Cc1nn(C)c(Cn2nccc2CNC2CC2)c1Cl. The van der Waals surface area contributed by atoms with Gasteiger partial charge in [-0.2, -0.15) is 10.2 Å². The Hall–Kier alpha value is -1.33. The van der Waals surface area contributed by atoms with Gasteiger partial charge in [0.25, 0.3) is 0 Å². The summed E-state index contributed by atoms with van der Waals surface area (Å²) >= 11 is 6.28. The van der Waals surface area contributed by atoms with Gasteiger partial charge >= 0.3 is 0 Å². The van der Waals surface area contributed by atoms with Crippen molar-refractivity contribution in [3.63, 3.8) is 0 Å². The van der Waals surface area contributed by atoms with Gasteiger partial charge in [0.15, 0.2) is 0 Å². The molecule has 1 aliphatic carbocycles. The van der Waals surface area contributed by atoms with Gasteiger partial charge in [-0.15, -0.1) is 0 Å². The Balaban J connectivity index is 1.76. The van der Waals surface area contributed by atoms with Gasteiger partial charge in [-0.05, 0) is 25.8 Å². The molecule has 0 unspecified atom stereocenters. The molecule has 0 bridgehead atoms. The number of aryl methyl sites for hydroxylation is 2. The third-order valence-corrected chi connectivity index (χ3v) is 4.01. The molecule has 0 spiro atoms. The molecule has 19 heavy (non-hydrogen) atoms. The second-order valence-corrected chi connectivity index (χ2v) is 5.48. The number of halogens is 1. The predicted octanol–water partition coefficient (Wildman–Crippen LogP) is 1.88. The van der Waals surface area contributed by atoms with Crippen LogP contribution in [0.1, 0.15) is 29.9 Å². The fourth-order valence-corrected chi connectivity index (χ4v) is 2.40. The lowest BCUT2D eigenvalue weighted by atomic mass is 10.3. The summed E-state index contributed by atoms with van der Waals surface area (Å²) < 4.78 is 3.81. The Morgan fingerprint density at radius 1 is 1.47 bits per heavy atom. The lowest BCUT2D eigenvalue weighted by Crippen LogP contribution is -2.19. The second-order valence-electron chi connectivity index (χ2n) is 5.11. The molecular formula is C13H18ClN5. The molecule has 6 heteroatoms. The Labute approximate surface area is 117 Å². The minimum atomic E-state index is 0.658. The minimum absolute atomic E-state index is 0.658. The number of rotatable bonds is 5. The first-order valence-electron chi connectivity index (χ1n) is 6.57. The summed E-state index contributed by atoms with van der Waals surface area (Å²) in [4.78, 5) is 0. The van der Waals surface area contributed by atoms with Crippen molar-refractivity contribution in [2.24, 2.45) is 7.05 Å². The smallest absolute Gasteiger partial charge is 0.0866 e. The zero-order valence-electron chi connectivity index (χ0n) is 11.2. The van der Waals surface area contributed by atoms with Crippen molar-refractivity contribution >= 4 is 11.6 Å². The Morgan fingerprint density at radius 2 is 2.26 bits per heavy atom. The summed E-state index contributed by atoms with van der Waals surface area (Å²) in [6.07, 6.45) is 4.42. The second kappa shape index (κ2) is 4.98. The van der Waals surface area contributed by atoms with Gasteiger partial charge in [0.05, 0.1) is 28.6 Å². The van der Waals surface area contributed by atoms with Crippen molar-refractivity contribution in [1.82, 2.24) is 24.9 Å². The van der Waals surface area contributed by atoms with Crippen molar-refractivity contribution in [2.45, 2.75) is 38.9 Å². The summed E-state index contributed by atoms with van der Waals surface area (Å²) in [5.74, 6) is 0. The van der Waals surface area contributed by atoms with Crippen LogP contribution in [0.5, 0.6) is 0 Å². The van der Waals surface area contributed by atoms with Gasteiger partial charge in [-0.3, -0.25) is 9.36 Å². The van der Waals surface area contributed by atoms with Gasteiger partial charge in [0.1, 0.15) is 0 Å². The van der Waals surface area contributed by atoms with E-state index in [1.54, 1.807) is 0 Å². The summed E-state index contributed by atoms with van der Waals surface area (Å²) in [7, 11) is 1.92. The summed E-state index contributed by atoms with van der Waals surface area (Å²) in [6, 6.07) is 2.75. The summed E-state index contributed by atoms with van der Waals surface area (Å²) in [5.41, 5.74) is 3.04. The van der Waals surface area contributed by atoms with Gasteiger partial charge in [-0.1, -0.05) is 11.6 Å². The van der Waals surface area contributed by atoms with Gasteiger partial charge < -0.3 is 5.32 Å². The first-order chi connectivity index (χ1) is 9.15. The van der Waals surface area contributed by atoms with E-state index in [4.69, 9.17) is 11.6 Å². The van der Waals surface area contributed by atoms with Crippen LogP contribution < -0.4 is 5.32 Å². The molecular weight excluding hydrogens is 262 g/mol. The van der Waals surface area contributed by atoms with Crippen LogP contribution in [0.25, 0.3) is 0 Å². The van der Waals surface area contributed by atoms with Crippen LogP contribution in [0, 0.1) is 6.92 Å². The molecule has 1 N–H and O–H groups in total. The van der Waals surface area contributed by atoms with E-state index in [-0.39, 0.29) is 0 Å². The van der Waals surface area contributed by atoms with Gasteiger partial charge in [-0.25, -0.2) is 0 Å². The minimum Gasteiger partial charge on any atom is -0.308 e. The first kappa shape index (κ1) is 12.7. The third-order valence-electron chi connectivity index (χ3n) is 3.51. The highest BCUT2D eigenvalue weighted by molar-refractivity contribution is 6.31. The van der Waals surface area contributed by atoms with Crippen LogP contribution in [0.2, 0.25) is 5.02 Å².